The van der Waals surface area contributed by atoms with Crippen LogP contribution in [0.4, 0.5) is 0 Å². The summed E-state index contributed by atoms with van der Waals surface area (Å²) < 4.78 is 10.8. The van der Waals surface area contributed by atoms with Gasteiger partial charge >= 0.3 is 0 Å². The number of aromatic nitrogens is 2. The molecule has 0 aliphatic heterocycles. The van der Waals surface area contributed by atoms with Crippen LogP contribution in [0.1, 0.15) is 16.2 Å². The maximum atomic E-state index is 12.0. The number of benzene rings is 2. The number of para-hydroxylation sites is 1. The number of amides is 1. The molecule has 0 saturated carbocycles. The number of carbonyl (C=O) groups excluding carboxylic acids is 1. The third kappa shape index (κ3) is 3.37. The zero-order valence-corrected chi connectivity index (χ0v) is 12.5. The van der Waals surface area contributed by atoms with Crippen LogP contribution in [0.5, 0.6) is 5.75 Å². The predicted octanol–water partition coefficient (Wildman–Crippen LogP) is 2.68. The first kappa shape index (κ1) is 14.8. The molecule has 0 spiro atoms. The average molecular weight is 309 g/mol. The lowest BCUT2D eigenvalue weighted by atomic mass is 10.2. The molecule has 2 aromatic carbocycles. The quantitative estimate of drug-likeness (QED) is 0.784. The van der Waals surface area contributed by atoms with E-state index in [1.54, 1.807) is 31.4 Å². The van der Waals surface area contributed by atoms with Gasteiger partial charge in [0.2, 0.25) is 5.89 Å². The van der Waals surface area contributed by atoms with Gasteiger partial charge in [-0.2, -0.15) is 0 Å². The Hall–Kier alpha value is -3.15. The van der Waals surface area contributed by atoms with Crippen molar-refractivity contribution < 1.29 is 13.9 Å². The molecule has 1 N–H and O–H groups in total. The smallest absolute Gasteiger partial charge is 0.251 e. The van der Waals surface area contributed by atoms with Crippen molar-refractivity contribution in [2.24, 2.45) is 0 Å². The molecular formula is C17H15N3O3. The molecule has 0 aliphatic carbocycles. The lowest BCUT2D eigenvalue weighted by Gasteiger charge is -2.03. The molecule has 116 valence electrons. The second kappa shape index (κ2) is 6.74. The Morgan fingerprint density at radius 3 is 2.61 bits per heavy atom. The molecule has 1 aromatic heterocycles. The van der Waals surface area contributed by atoms with Gasteiger partial charge in [-0.05, 0) is 24.3 Å². The monoisotopic (exact) mass is 309 g/mol. The molecule has 6 nitrogen and oxygen atoms in total. The van der Waals surface area contributed by atoms with Gasteiger partial charge in [0, 0.05) is 5.56 Å². The van der Waals surface area contributed by atoms with Crippen LogP contribution in [0.2, 0.25) is 0 Å². The third-order valence-electron chi connectivity index (χ3n) is 3.24. The molecule has 1 amide bonds. The van der Waals surface area contributed by atoms with Gasteiger partial charge in [0.25, 0.3) is 11.8 Å². The topological polar surface area (TPSA) is 77.3 Å². The van der Waals surface area contributed by atoms with Gasteiger partial charge in [-0.25, -0.2) is 0 Å². The first-order valence-corrected chi connectivity index (χ1v) is 7.07. The van der Waals surface area contributed by atoms with E-state index in [-0.39, 0.29) is 12.5 Å². The number of nitrogens with one attached hydrogen (secondary N) is 1. The average Bonchev–Trinajstić information content (AvgIpc) is 3.09. The van der Waals surface area contributed by atoms with Gasteiger partial charge in [-0.1, -0.05) is 30.3 Å². The highest BCUT2D eigenvalue weighted by atomic mass is 16.5. The fourth-order valence-electron chi connectivity index (χ4n) is 2.10. The largest absolute Gasteiger partial charge is 0.496 e. The summed E-state index contributed by atoms with van der Waals surface area (Å²) in [6.07, 6.45) is 0. The molecule has 3 aromatic rings. The molecule has 0 radical (unpaired) electrons. The van der Waals surface area contributed by atoms with E-state index in [1.165, 1.54) is 0 Å². The number of hydrogen-bond acceptors (Lipinski definition) is 5. The summed E-state index contributed by atoms with van der Waals surface area (Å²) in [5.41, 5.74) is 1.29. The summed E-state index contributed by atoms with van der Waals surface area (Å²) in [6, 6.07) is 16.3. The Kier molecular flexibility index (Phi) is 4.33. The van der Waals surface area contributed by atoms with Gasteiger partial charge in [-0.15, -0.1) is 10.2 Å². The minimum atomic E-state index is -0.192. The number of nitrogens with zero attached hydrogens (tertiary/aromatic N) is 2. The molecule has 0 atom stereocenters. The van der Waals surface area contributed by atoms with Crippen molar-refractivity contribution in [2.45, 2.75) is 6.54 Å². The zero-order chi connectivity index (χ0) is 16.1. The summed E-state index contributed by atoms with van der Waals surface area (Å²) >= 11 is 0. The summed E-state index contributed by atoms with van der Waals surface area (Å²) in [4.78, 5) is 12.0. The van der Waals surface area contributed by atoms with E-state index in [1.807, 2.05) is 30.3 Å². The Labute approximate surface area is 133 Å². The molecule has 0 saturated heterocycles. The first-order valence-electron chi connectivity index (χ1n) is 7.07. The standard InChI is InChI=1S/C17H15N3O3/c1-22-14-10-6-5-9-13(14)17-20-19-15(23-17)11-18-16(21)12-7-3-2-4-8-12/h2-10H,11H2,1H3,(H,18,21). The Morgan fingerprint density at radius 1 is 1.09 bits per heavy atom. The van der Waals surface area contributed by atoms with E-state index in [4.69, 9.17) is 9.15 Å². The number of rotatable bonds is 5. The number of methoxy groups -OCH3 is 1. The number of ether oxygens (including phenoxy) is 1. The van der Waals surface area contributed by atoms with Crippen molar-refractivity contribution in [3.05, 3.63) is 66.1 Å². The van der Waals surface area contributed by atoms with Crippen LogP contribution in [0.3, 0.4) is 0 Å². The predicted molar refractivity (Wildman–Crippen MR) is 83.9 cm³/mol. The molecule has 0 unspecified atom stereocenters. The van der Waals surface area contributed by atoms with Crippen molar-refractivity contribution in [3.63, 3.8) is 0 Å². The maximum absolute atomic E-state index is 12.0. The van der Waals surface area contributed by atoms with E-state index < -0.39 is 0 Å². The van der Waals surface area contributed by atoms with Crippen LogP contribution in [0, 0.1) is 0 Å². The van der Waals surface area contributed by atoms with Crippen molar-refractivity contribution in [1.29, 1.82) is 0 Å². The summed E-state index contributed by atoms with van der Waals surface area (Å²) in [5, 5.41) is 10.7. The highest BCUT2D eigenvalue weighted by molar-refractivity contribution is 5.93. The Bertz CT molecular complexity index is 800. The van der Waals surface area contributed by atoms with Crippen LogP contribution in [-0.2, 0) is 6.54 Å². The molecule has 0 fully saturated rings. The zero-order valence-electron chi connectivity index (χ0n) is 12.5. The van der Waals surface area contributed by atoms with Crippen LogP contribution in [-0.4, -0.2) is 23.2 Å². The Balaban J connectivity index is 1.69. The van der Waals surface area contributed by atoms with E-state index in [9.17, 15) is 4.79 Å². The molecule has 6 heteroatoms. The third-order valence-corrected chi connectivity index (χ3v) is 3.24. The van der Waals surface area contributed by atoms with Crippen molar-refractivity contribution in [3.8, 4) is 17.2 Å². The van der Waals surface area contributed by atoms with Gasteiger partial charge in [-0.3, -0.25) is 4.79 Å². The second-order valence-electron chi connectivity index (χ2n) is 4.75. The molecule has 3 rings (SSSR count). The highest BCUT2D eigenvalue weighted by Gasteiger charge is 2.13. The van der Waals surface area contributed by atoms with E-state index in [2.05, 4.69) is 15.5 Å². The van der Waals surface area contributed by atoms with Gasteiger partial charge in [0.05, 0.1) is 19.2 Å². The minimum absolute atomic E-state index is 0.163. The molecular weight excluding hydrogens is 294 g/mol. The van der Waals surface area contributed by atoms with Gasteiger partial charge in [0.15, 0.2) is 0 Å². The van der Waals surface area contributed by atoms with Crippen molar-refractivity contribution in [2.75, 3.05) is 7.11 Å². The normalized spacial score (nSPS) is 10.3. The van der Waals surface area contributed by atoms with Gasteiger partial charge in [0.1, 0.15) is 5.75 Å². The maximum Gasteiger partial charge on any atom is 0.251 e. The van der Waals surface area contributed by atoms with Crippen molar-refractivity contribution in [1.82, 2.24) is 15.5 Å². The fraction of sp³-hybridized carbons (Fsp3) is 0.118. The number of hydrogen-bond donors (Lipinski definition) is 1. The lowest BCUT2D eigenvalue weighted by Crippen LogP contribution is -2.22. The van der Waals surface area contributed by atoms with Crippen LogP contribution >= 0.6 is 0 Å². The van der Waals surface area contributed by atoms with Crippen molar-refractivity contribution >= 4 is 5.91 Å². The summed E-state index contributed by atoms with van der Waals surface area (Å²) in [6.45, 7) is 0.163. The molecule has 0 bridgehead atoms. The number of carbonyl (C=O) groups is 1. The highest BCUT2D eigenvalue weighted by Crippen LogP contribution is 2.28. The van der Waals surface area contributed by atoms with E-state index in [0.717, 1.165) is 0 Å². The van der Waals surface area contributed by atoms with Crippen LogP contribution in [0.25, 0.3) is 11.5 Å². The van der Waals surface area contributed by atoms with Crippen LogP contribution in [0.15, 0.2) is 59.0 Å². The molecule has 1 heterocycles. The van der Waals surface area contributed by atoms with E-state index in [0.29, 0.717) is 28.7 Å². The molecule has 23 heavy (non-hydrogen) atoms. The summed E-state index contributed by atoms with van der Waals surface area (Å²) in [7, 11) is 1.58. The summed E-state index contributed by atoms with van der Waals surface area (Å²) in [5.74, 6) is 1.14. The fourth-order valence-corrected chi connectivity index (χ4v) is 2.10. The van der Waals surface area contributed by atoms with Gasteiger partial charge < -0.3 is 14.5 Å². The second-order valence-corrected chi connectivity index (χ2v) is 4.75. The minimum Gasteiger partial charge on any atom is -0.496 e. The first-order chi connectivity index (χ1) is 11.3. The van der Waals surface area contributed by atoms with Crippen LogP contribution < -0.4 is 10.1 Å². The Morgan fingerprint density at radius 2 is 1.83 bits per heavy atom. The SMILES string of the molecule is COc1ccccc1-c1nnc(CNC(=O)c2ccccc2)o1. The lowest BCUT2D eigenvalue weighted by molar-refractivity contribution is 0.0947. The van der Waals surface area contributed by atoms with E-state index >= 15 is 0 Å². The molecule has 0 aliphatic rings.